The van der Waals surface area contributed by atoms with Crippen LogP contribution in [0.1, 0.15) is 36.3 Å². The zero-order valence-corrected chi connectivity index (χ0v) is 13.5. The van der Waals surface area contributed by atoms with Crippen molar-refractivity contribution in [1.29, 1.82) is 0 Å². The van der Waals surface area contributed by atoms with Gasteiger partial charge in [0.25, 0.3) is 5.69 Å². The standard InChI is InChI=1S/C14H15ClN2O6/c1-4-8(13(18)23-5-2)6-10-11(17(20)21)7-9(12(15)16-10)14(19)22-3/h6-7H,4-5H2,1-3H3. The number of nitrogens with zero attached hydrogens (tertiary/aromatic N) is 2. The highest BCUT2D eigenvalue weighted by atomic mass is 35.5. The van der Waals surface area contributed by atoms with Crippen LogP contribution in [0.2, 0.25) is 5.15 Å². The second kappa shape index (κ2) is 8.23. The molecule has 124 valence electrons. The van der Waals surface area contributed by atoms with Gasteiger partial charge in [-0.25, -0.2) is 14.6 Å². The molecule has 0 aliphatic carbocycles. The monoisotopic (exact) mass is 342 g/mol. The van der Waals surface area contributed by atoms with E-state index in [1.54, 1.807) is 13.8 Å². The van der Waals surface area contributed by atoms with Gasteiger partial charge in [0.1, 0.15) is 16.4 Å². The van der Waals surface area contributed by atoms with Gasteiger partial charge in [0.2, 0.25) is 0 Å². The topological polar surface area (TPSA) is 109 Å². The molecule has 0 aliphatic heterocycles. The molecule has 0 atom stereocenters. The summed E-state index contributed by atoms with van der Waals surface area (Å²) in [7, 11) is 1.12. The van der Waals surface area contributed by atoms with E-state index in [1.165, 1.54) is 6.08 Å². The molecule has 0 radical (unpaired) electrons. The second-order valence-electron chi connectivity index (χ2n) is 4.22. The highest BCUT2D eigenvalue weighted by Crippen LogP contribution is 2.27. The first-order chi connectivity index (χ1) is 10.8. The van der Waals surface area contributed by atoms with E-state index in [9.17, 15) is 19.7 Å². The van der Waals surface area contributed by atoms with Crippen LogP contribution in [-0.4, -0.2) is 35.6 Å². The maximum Gasteiger partial charge on any atom is 0.341 e. The quantitative estimate of drug-likeness (QED) is 0.257. The summed E-state index contributed by atoms with van der Waals surface area (Å²) in [4.78, 5) is 37.6. The van der Waals surface area contributed by atoms with Crippen molar-refractivity contribution in [2.24, 2.45) is 0 Å². The third-order valence-electron chi connectivity index (χ3n) is 2.82. The summed E-state index contributed by atoms with van der Waals surface area (Å²) in [5, 5.41) is 10.9. The van der Waals surface area contributed by atoms with E-state index >= 15 is 0 Å². The lowest BCUT2D eigenvalue weighted by Gasteiger charge is -2.06. The van der Waals surface area contributed by atoms with Crippen molar-refractivity contribution in [3.8, 4) is 0 Å². The molecule has 0 amide bonds. The zero-order chi connectivity index (χ0) is 17.6. The Morgan fingerprint density at radius 3 is 2.57 bits per heavy atom. The molecule has 0 spiro atoms. The number of hydrogen-bond acceptors (Lipinski definition) is 7. The Kier molecular flexibility index (Phi) is 6.65. The van der Waals surface area contributed by atoms with E-state index in [4.69, 9.17) is 16.3 Å². The lowest BCUT2D eigenvalue weighted by Crippen LogP contribution is -2.09. The summed E-state index contributed by atoms with van der Waals surface area (Å²) < 4.78 is 9.35. The molecule has 0 aliphatic rings. The largest absolute Gasteiger partial charge is 0.465 e. The first kappa shape index (κ1) is 18.6. The zero-order valence-electron chi connectivity index (χ0n) is 12.8. The minimum absolute atomic E-state index is 0.141. The van der Waals surface area contributed by atoms with E-state index in [0.717, 1.165) is 13.2 Å². The summed E-state index contributed by atoms with van der Waals surface area (Å²) in [6.45, 7) is 3.51. The highest BCUT2D eigenvalue weighted by Gasteiger charge is 2.23. The molecule has 0 unspecified atom stereocenters. The van der Waals surface area contributed by atoms with Crippen molar-refractivity contribution < 1.29 is 24.0 Å². The number of hydrogen-bond donors (Lipinski definition) is 0. The van der Waals surface area contributed by atoms with E-state index in [-0.39, 0.29) is 35.0 Å². The summed E-state index contributed by atoms with van der Waals surface area (Å²) in [6.07, 6.45) is 1.51. The number of halogens is 1. The van der Waals surface area contributed by atoms with E-state index in [0.29, 0.717) is 0 Å². The van der Waals surface area contributed by atoms with Crippen molar-refractivity contribution in [3.05, 3.63) is 38.2 Å². The van der Waals surface area contributed by atoms with Crippen LogP contribution in [0.4, 0.5) is 5.69 Å². The van der Waals surface area contributed by atoms with Crippen LogP contribution in [0.3, 0.4) is 0 Å². The fraction of sp³-hybridized carbons (Fsp3) is 0.357. The van der Waals surface area contributed by atoms with Gasteiger partial charge < -0.3 is 9.47 Å². The third-order valence-corrected chi connectivity index (χ3v) is 3.10. The molecule has 8 nitrogen and oxygen atoms in total. The van der Waals surface area contributed by atoms with Crippen LogP contribution in [-0.2, 0) is 14.3 Å². The van der Waals surface area contributed by atoms with Gasteiger partial charge in [-0.15, -0.1) is 0 Å². The number of esters is 2. The van der Waals surface area contributed by atoms with E-state index in [2.05, 4.69) is 9.72 Å². The highest BCUT2D eigenvalue weighted by molar-refractivity contribution is 6.32. The van der Waals surface area contributed by atoms with Gasteiger partial charge >= 0.3 is 11.9 Å². The molecule has 1 aromatic heterocycles. The Hall–Kier alpha value is -2.48. The number of pyridine rings is 1. The van der Waals surface area contributed by atoms with Gasteiger partial charge in [-0.1, -0.05) is 18.5 Å². The van der Waals surface area contributed by atoms with Crippen LogP contribution in [0.15, 0.2) is 11.6 Å². The fourth-order valence-corrected chi connectivity index (χ4v) is 1.92. The molecule has 1 aromatic rings. The van der Waals surface area contributed by atoms with E-state index in [1.807, 2.05) is 0 Å². The van der Waals surface area contributed by atoms with Crippen molar-refractivity contribution in [3.63, 3.8) is 0 Å². The summed E-state index contributed by atoms with van der Waals surface area (Å²) in [5.74, 6) is -1.44. The average Bonchev–Trinajstić information content (AvgIpc) is 2.51. The molecule has 1 heterocycles. The molecular formula is C14H15ClN2O6. The lowest BCUT2D eigenvalue weighted by atomic mass is 10.1. The van der Waals surface area contributed by atoms with E-state index < -0.39 is 22.5 Å². The van der Waals surface area contributed by atoms with Crippen molar-refractivity contribution in [2.45, 2.75) is 20.3 Å². The SMILES string of the molecule is CCOC(=O)C(=Cc1nc(Cl)c(C(=O)OC)cc1[N+](=O)[O-])CC. The van der Waals surface area contributed by atoms with Crippen LogP contribution in [0, 0.1) is 10.1 Å². The maximum atomic E-state index is 11.8. The van der Waals surface area contributed by atoms with Gasteiger partial charge in [0.05, 0.1) is 18.6 Å². The normalized spacial score (nSPS) is 11.0. The molecule has 0 saturated carbocycles. The number of carbonyl (C=O) groups is 2. The average molecular weight is 343 g/mol. The van der Waals surface area contributed by atoms with Gasteiger partial charge in [0, 0.05) is 11.6 Å². The molecule has 0 bridgehead atoms. The number of aromatic nitrogens is 1. The first-order valence-electron chi connectivity index (χ1n) is 6.66. The minimum Gasteiger partial charge on any atom is -0.465 e. The molecule has 0 saturated heterocycles. The van der Waals surface area contributed by atoms with Gasteiger partial charge in [-0.05, 0) is 19.4 Å². The molecular weight excluding hydrogens is 328 g/mol. The molecule has 9 heteroatoms. The van der Waals surface area contributed by atoms with Gasteiger partial charge in [-0.3, -0.25) is 10.1 Å². The Morgan fingerprint density at radius 1 is 1.43 bits per heavy atom. The van der Waals surface area contributed by atoms with Gasteiger partial charge in [0.15, 0.2) is 0 Å². The molecule has 0 N–H and O–H groups in total. The first-order valence-corrected chi connectivity index (χ1v) is 7.04. The van der Waals surface area contributed by atoms with Crippen LogP contribution in [0.5, 0.6) is 0 Å². The minimum atomic E-state index is -0.845. The van der Waals surface area contributed by atoms with Crippen LogP contribution >= 0.6 is 11.6 Å². The molecule has 1 rings (SSSR count). The van der Waals surface area contributed by atoms with Crippen molar-refractivity contribution >= 4 is 35.3 Å². The van der Waals surface area contributed by atoms with Gasteiger partial charge in [-0.2, -0.15) is 0 Å². The number of ether oxygens (including phenoxy) is 2. The summed E-state index contributed by atoms with van der Waals surface area (Å²) >= 11 is 5.87. The number of methoxy groups -OCH3 is 1. The lowest BCUT2D eigenvalue weighted by molar-refractivity contribution is -0.385. The molecule has 0 aromatic carbocycles. The number of rotatable bonds is 6. The number of nitro groups is 1. The Bertz CT molecular complexity index is 671. The summed E-state index contributed by atoms with van der Waals surface area (Å²) in [5.41, 5.74) is -0.640. The second-order valence-corrected chi connectivity index (χ2v) is 4.58. The number of carbonyl (C=O) groups excluding carboxylic acids is 2. The van der Waals surface area contributed by atoms with Crippen LogP contribution in [0.25, 0.3) is 6.08 Å². The third kappa shape index (κ3) is 4.49. The van der Waals surface area contributed by atoms with Crippen molar-refractivity contribution in [1.82, 2.24) is 4.98 Å². The maximum absolute atomic E-state index is 11.8. The Morgan fingerprint density at radius 2 is 2.09 bits per heavy atom. The predicted molar refractivity (Wildman–Crippen MR) is 82.1 cm³/mol. The molecule has 0 fully saturated rings. The fourth-order valence-electron chi connectivity index (χ4n) is 1.69. The predicted octanol–water partition coefficient (Wildman–Crippen LogP) is 2.79. The van der Waals surface area contributed by atoms with Crippen LogP contribution < -0.4 is 0 Å². The Balaban J connectivity index is 3.46. The Labute approximate surface area is 137 Å². The smallest absolute Gasteiger partial charge is 0.341 e. The molecule has 23 heavy (non-hydrogen) atoms. The van der Waals surface area contributed by atoms with Crippen molar-refractivity contribution in [2.75, 3.05) is 13.7 Å². The summed E-state index contributed by atoms with van der Waals surface area (Å²) in [6, 6.07) is 0.964.